The standard InChI is InChI=1S/C30H32N2O4/c1-4-19-11-13-21(14-12-19)31-29(33)27-22-9-7-8-10-23(22)30(34)32-16-15-20-17-25(35-5-2)26(36-6-3)18-24(20)28(27)32/h7-14,17-18,27-28H,4-6,15-16H2,1-3H3,(H,31,33)/t27-,28-/m1/s1. The summed E-state index contributed by atoms with van der Waals surface area (Å²) >= 11 is 0. The van der Waals surface area contributed by atoms with Gasteiger partial charge in [0.25, 0.3) is 5.91 Å². The minimum absolute atomic E-state index is 0.0376. The van der Waals surface area contributed by atoms with Crippen LogP contribution in [0.5, 0.6) is 11.5 Å². The molecule has 186 valence electrons. The van der Waals surface area contributed by atoms with Crippen LogP contribution in [0.25, 0.3) is 0 Å². The molecule has 6 nitrogen and oxygen atoms in total. The van der Waals surface area contributed by atoms with Crippen LogP contribution in [-0.4, -0.2) is 36.5 Å². The van der Waals surface area contributed by atoms with Crippen LogP contribution in [-0.2, 0) is 17.6 Å². The van der Waals surface area contributed by atoms with Crippen LogP contribution in [0, 0.1) is 0 Å². The number of nitrogens with one attached hydrogen (secondary N) is 1. The molecule has 3 aromatic carbocycles. The number of anilines is 1. The number of aryl methyl sites for hydroxylation is 1. The summed E-state index contributed by atoms with van der Waals surface area (Å²) in [5.41, 5.74) is 5.33. The fourth-order valence-electron chi connectivity index (χ4n) is 5.40. The van der Waals surface area contributed by atoms with Crippen LogP contribution in [0.2, 0.25) is 0 Å². The zero-order valence-corrected chi connectivity index (χ0v) is 21.0. The molecule has 6 heteroatoms. The number of benzene rings is 3. The van der Waals surface area contributed by atoms with Gasteiger partial charge in [-0.3, -0.25) is 9.59 Å². The normalized spacial score (nSPS) is 18.1. The van der Waals surface area contributed by atoms with Crippen molar-refractivity contribution in [1.29, 1.82) is 0 Å². The number of hydrogen-bond acceptors (Lipinski definition) is 4. The summed E-state index contributed by atoms with van der Waals surface area (Å²) in [5, 5.41) is 3.12. The molecular weight excluding hydrogens is 452 g/mol. The van der Waals surface area contributed by atoms with Crippen LogP contribution in [0.4, 0.5) is 5.69 Å². The molecule has 2 atom stereocenters. The van der Waals surface area contributed by atoms with E-state index >= 15 is 0 Å². The summed E-state index contributed by atoms with van der Waals surface area (Å²) < 4.78 is 11.8. The van der Waals surface area contributed by atoms with Crippen molar-refractivity contribution in [3.63, 3.8) is 0 Å². The highest BCUT2D eigenvalue weighted by molar-refractivity contribution is 6.04. The van der Waals surface area contributed by atoms with Crippen molar-refractivity contribution < 1.29 is 19.1 Å². The lowest BCUT2D eigenvalue weighted by molar-refractivity contribution is -0.119. The quantitative estimate of drug-likeness (QED) is 0.479. The first kappa shape index (κ1) is 23.9. The maximum atomic E-state index is 13.9. The maximum absolute atomic E-state index is 13.9. The number of fused-ring (bicyclic) bond motifs is 4. The monoisotopic (exact) mass is 484 g/mol. The largest absolute Gasteiger partial charge is 0.490 e. The summed E-state index contributed by atoms with van der Waals surface area (Å²) in [6.45, 7) is 7.54. The first-order valence-electron chi connectivity index (χ1n) is 12.8. The van der Waals surface area contributed by atoms with E-state index in [9.17, 15) is 9.59 Å². The summed E-state index contributed by atoms with van der Waals surface area (Å²) in [5.74, 6) is 0.612. The van der Waals surface area contributed by atoms with Gasteiger partial charge in [-0.25, -0.2) is 0 Å². The SMILES string of the molecule is CCOc1cc2c(cc1OCC)[C@@H]1[C@H](C(=O)Nc3ccc(CC)cc3)c3ccccc3C(=O)N1CC2. The van der Waals surface area contributed by atoms with Gasteiger partial charge in [-0.05, 0) is 79.3 Å². The second-order valence-corrected chi connectivity index (χ2v) is 9.16. The molecule has 0 fully saturated rings. The second kappa shape index (κ2) is 10.1. The van der Waals surface area contributed by atoms with E-state index < -0.39 is 12.0 Å². The Labute approximate surface area is 212 Å². The zero-order valence-electron chi connectivity index (χ0n) is 21.0. The van der Waals surface area contributed by atoms with E-state index in [0.717, 1.165) is 28.8 Å². The second-order valence-electron chi connectivity index (χ2n) is 9.16. The molecule has 0 unspecified atom stereocenters. The molecule has 0 aliphatic carbocycles. The van der Waals surface area contributed by atoms with Crippen LogP contribution in [0.3, 0.4) is 0 Å². The lowest BCUT2D eigenvalue weighted by Crippen LogP contribution is -2.49. The van der Waals surface area contributed by atoms with Crippen molar-refractivity contribution in [3.8, 4) is 11.5 Å². The van der Waals surface area contributed by atoms with Gasteiger partial charge in [0.1, 0.15) is 0 Å². The molecule has 5 rings (SSSR count). The number of ether oxygens (including phenoxy) is 2. The minimum atomic E-state index is -0.559. The third-order valence-corrected chi connectivity index (χ3v) is 7.10. The highest BCUT2D eigenvalue weighted by Gasteiger charge is 2.46. The zero-order chi connectivity index (χ0) is 25.2. The summed E-state index contributed by atoms with van der Waals surface area (Å²) in [7, 11) is 0. The van der Waals surface area contributed by atoms with Crippen LogP contribution >= 0.6 is 0 Å². The molecule has 0 spiro atoms. The number of carbonyl (C=O) groups excluding carboxylic acids is 2. The third kappa shape index (κ3) is 4.21. The van der Waals surface area contributed by atoms with Crippen LogP contribution < -0.4 is 14.8 Å². The topological polar surface area (TPSA) is 67.9 Å². The molecule has 3 aromatic rings. The Balaban J connectivity index is 1.61. The Hall–Kier alpha value is -3.80. The number of nitrogens with zero attached hydrogens (tertiary/aromatic N) is 1. The third-order valence-electron chi connectivity index (χ3n) is 7.10. The predicted molar refractivity (Wildman–Crippen MR) is 140 cm³/mol. The molecule has 2 aliphatic heterocycles. The summed E-state index contributed by atoms with van der Waals surface area (Å²) in [6.07, 6.45) is 1.63. The van der Waals surface area contributed by atoms with E-state index in [4.69, 9.17) is 9.47 Å². The van der Waals surface area contributed by atoms with E-state index in [2.05, 4.69) is 12.2 Å². The van der Waals surface area contributed by atoms with Crippen molar-refractivity contribution in [2.75, 3.05) is 25.1 Å². The van der Waals surface area contributed by atoms with Crippen molar-refractivity contribution >= 4 is 17.5 Å². The Morgan fingerprint density at radius 1 is 0.944 bits per heavy atom. The summed E-state index contributed by atoms with van der Waals surface area (Å²) in [4.78, 5) is 29.4. The molecule has 0 radical (unpaired) electrons. The Bertz CT molecular complexity index is 1280. The van der Waals surface area contributed by atoms with E-state index in [0.29, 0.717) is 43.2 Å². The van der Waals surface area contributed by atoms with Crippen molar-refractivity contribution in [3.05, 3.63) is 88.5 Å². The van der Waals surface area contributed by atoms with Gasteiger partial charge in [-0.2, -0.15) is 0 Å². The summed E-state index contributed by atoms with van der Waals surface area (Å²) in [6, 6.07) is 19.0. The Morgan fingerprint density at radius 3 is 2.33 bits per heavy atom. The molecule has 0 bridgehead atoms. The van der Waals surface area contributed by atoms with Gasteiger partial charge in [0.05, 0.1) is 25.2 Å². The van der Waals surface area contributed by atoms with Crippen LogP contribution in [0.1, 0.15) is 65.3 Å². The number of hydrogen-bond donors (Lipinski definition) is 1. The smallest absolute Gasteiger partial charge is 0.254 e. The maximum Gasteiger partial charge on any atom is 0.254 e. The fraction of sp³-hybridized carbons (Fsp3) is 0.333. The van der Waals surface area contributed by atoms with E-state index in [-0.39, 0.29) is 11.8 Å². The molecule has 0 saturated heterocycles. The van der Waals surface area contributed by atoms with Gasteiger partial charge in [0, 0.05) is 17.8 Å². The van der Waals surface area contributed by atoms with Gasteiger partial charge >= 0.3 is 0 Å². The number of carbonyl (C=O) groups is 2. The van der Waals surface area contributed by atoms with Crippen molar-refractivity contribution in [1.82, 2.24) is 4.90 Å². The average molecular weight is 485 g/mol. The van der Waals surface area contributed by atoms with Gasteiger partial charge in [-0.15, -0.1) is 0 Å². The van der Waals surface area contributed by atoms with E-state index in [1.54, 1.807) is 0 Å². The Morgan fingerprint density at radius 2 is 1.64 bits per heavy atom. The molecule has 0 saturated carbocycles. The van der Waals surface area contributed by atoms with Gasteiger partial charge in [0.15, 0.2) is 11.5 Å². The molecule has 1 N–H and O–H groups in total. The first-order chi connectivity index (χ1) is 17.5. The molecule has 2 heterocycles. The number of amides is 2. The number of rotatable bonds is 7. The average Bonchev–Trinajstić information content (AvgIpc) is 2.90. The van der Waals surface area contributed by atoms with Crippen molar-refractivity contribution in [2.45, 2.75) is 45.6 Å². The van der Waals surface area contributed by atoms with Gasteiger partial charge in [0.2, 0.25) is 5.91 Å². The lowest BCUT2D eigenvalue weighted by Gasteiger charge is -2.45. The molecule has 0 aromatic heterocycles. The van der Waals surface area contributed by atoms with E-state index in [1.165, 1.54) is 5.56 Å². The first-order valence-corrected chi connectivity index (χ1v) is 12.8. The van der Waals surface area contributed by atoms with E-state index in [1.807, 2.05) is 79.4 Å². The molecular formula is C30H32N2O4. The highest BCUT2D eigenvalue weighted by Crippen LogP contribution is 2.48. The predicted octanol–water partition coefficient (Wildman–Crippen LogP) is 5.52. The lowest BCUT2D eigenvalue weighted by atomic mass is 9.75. The molecule has 2 aliphatic rings. The minimum Gasteiger partial charge on any atom is -0.490 e. The molecule has 36 heavy (non-hydrogen) atoms. The fourth-order valence-corrected chi connectivity index (χ4v) is 5.40. The Kier molecular flexibility index (Phi) is 6.68. The highest BCUT2D eigenvalue weighted by atomic mass is 16.5. The van der Waals surface area contributed by atoms with Crippen LogP contribution in [0.15, 0.2) is 60.7 Å². The van der Waals surface area contributed by atoms with Crippen molar-refractivity contribution in [2.24, 2.45) is 0 Å². The van der Waals surface area contributed by atoms with Gasteiger partial charge < -0.3 is 19.7 Å². The van der Waals surface area contributed by atoms with Gasteiger partial charge in [-0.1, -0.05) is 37.3 Å². The molecule has 2 amide bonds.